The van der Waals surface area contributed by atoms with E-state index in [0.717, 1.165) is 41.2 Å². The Hall–Kier alpha value is -3.31. The van der Waals surface area contributed by atoms with Gasteiger partial charge in [-0.25, -0.2) is 0 Å². The summed E-state index contributed by atoms with van der Waals surface area (Å²) in [5, 5.41) is 19.6. The second kappa shape index (κ2) is 11.2. The third-order valence-corrected chi connectivity index (χ3v) is 8.03. The Labute approximate surface area is 217 Å². The molecule has 1 saturated carbocycles. The summed E-state index contributed by atoms with van der Waals surface area (Å²) in [6, 6.07) is 10.7. The first-order valence-corrected chi connectivity index (χ1v) is 13.8. The molecule has 4 aromatic heterocycles. The highest BCUT2D eigenvalue weighted by atomic mass is 32.1. The quantitative estimate of drug-likeness (QED) is 0.343. The fourth-order valence-corrected chi connectivity index (χ4v) is 6.00. The average Bonchev–Trinajstić information content (AvgIpc) is 3.68. The fourth-order valence-electron chi connectivity index (χ4n) is 4.47. The van der Waals surface area contributed by atoms with Crippen molar-refractivity contribution in [2.24, 2.45) is 0 Å². The molecule has 2 amide bonds. The van der Waals surface area contributed by atoms with Crippen LogP contribution in [0.15, 0.2) is 51.6 Å². The van der Waals surface area contributed by atoms with Gasteiger partial charge in [0.2, 0.25) is 17.6 Å². The first-order valence-electron chi connectivity index (χ1n) is 12.1. The summed E-state index contributed by atoms with van der Waals surface area (Å²) in [6.45, 7) is 2.01. The Kier molecular flexibility index (Phi) is 7.57. The summed E-state index contributed by atoms with van der Waals surface area (Å²) in [7, 11) is 0. The predicted octanol–water partition coefficient (Wildman–Crippen LogP) is 4.58. The van der Waals surface area contributed by atoms with Crippen LogP contribution in [0.25, 0.3) is 11.6 Å². The van der Waals surface area contributed by atoms with Gasteiger partial charge in [0.1, 0.15) is 18.3 Å². The summed E-state index contributed by atoms with van der Waals surface area (Å²) >= 11 is 3.03. The number of amides is 2. The summed E-state index contributed by atoms with van der Waals surface area (Å²) in [5.41, 5.74) is 0. The van der Waals surface area contributed by atoms with Crippen molar-refractivity contribution in [3.8, 4) is 11.6 Å². The average molecular weight is 525 g/mol. The molecular formula is C25H28N6O3S2. The molecule has 0 aliphatic heterocycles. The zero-order valence-electron chi connectivity index (χ0n) is 20.0. The zero-order valence-corrected chi connectivity index (χ0v) is 21.6. The molecule has 0 saturated heterocycles. The molecule has 1 aliphatic carbocycles. The van der Waals surface area contributed by atoms with E-state index in [0.29, 0.717) is 18.1 Å². The molecule has 1 aliphatic rings. The summed E-state index contributed by atoms with van der Waals surface area (Å²) in [4.78, 5) is 32.1. The molecule has 1 fully saturated rings. The number of hydrogen-bond acceptors (Lipinski definition) is 8. The van der Waals surface area contributed by atoms with Gasteiger partial charge in [0.15, 0.2) is 5.76 Å². The van der Waals surface area contributed by atoms with Gasteiger partial charge in [-0.1, -0.05) is 31.4 Å². The van der Waals surface area contributed by atoms with E-state index >= 15 is 0 Å². The van der Waals surface area contributed by atoms with E-state index in [1.807, 2.05) is 48.0 Å². The molecule has 4 aromatic rings. The lowest BCUT2D eigenvalue weighted by Gasteiger charge is -2.32. The topological polar surface area (TPSA) is 106 Å². The van der Waals surface area contributed by atoms with Crippen LogP contribution in [-0.4, -0.2) is 43.0 Å². The van der Waals surface area contributed by atoms with Crippen molar-refractivity contribution in [3.05, 3.63) is 62.7 Å². The Morgan fingerprint density at radius 3 is 2.64 bits per heavy atom. The van der Waals surface area contributed by atoms with Crippen LogP contribution >= 0.6 is 22.7 Å². The van der Waals surface area contributed by atoms with Crippen LogP contribution in [0.3, 0.4) is 0 Å². The van der Waals surface area contributed by atoms with Gasteiger partial charge in [0.25, 0.3) is 0 Å². The van der Waals surface area contributed by atoms with Gasteiger partial charge in [0, 0.05) is 15.8 Å². The summed E-state index contributed by atoms with van der Waals surface area (Å²) in [5.74, 6) is 1.13. The second-order valence-corrected chi connectivity index (χ2v) is 10.9. The monoisotopic (exact) mass is 524 g/mol. The number of carbonyl (C=O) groups is 2. The third-order valence-electron chi connectivity index (χ3n) is 6.24. The van der Waals surface area contributed by atoms with Gasteiger partial charge < -0.3 is 14.6 Å². The van der Waals surface area contributed by atoms with Crippen molar-refractivity contribution in [1.29, 1.82) is 0 Å². The van der Waals surface area contributed by atoms with Crippen LogP contribution in [-0.2, 0) is 22.7 Å². The van der Waals surface area contributed by atoms with Crippen molar-refractivity contribution in [2.75, 3.05) is 0 Å². The highest BCUT2D eigenvalue weighted by Crippen LogP contribution is 2.30. The highest BCUT2D eigenvalue weighted by molar-refractivity contribution is 7.10. The Bertz CT molecular complexity index is 1270. The number of aryl methyl sites for hydroxylation is 1. The number of thiophene rings is 2. The fraction of sp³-hybridized carbons (Fsp3) is 0.400. The van der Waals surface area contributed by atoms with Gasteiger partial charge in [-0.05, 0) is 60.0 Å². The van der Waals surface area contributed by atoms with Gasteiger partial charge in [0.05, 0.1) is 6.54 Å². The van der Waals surface area contributed by atoms with E-state index < -0.39 is 6.04 Å². The van der Waals surface area contributed by atoms with Crippen molar-refractivity contribution < 1.29 is 14.0 Å². The number of carbonyl (C=O) groups excluding carboxylic acids is 2. The van der Waals surface area contributed by atoms with E-state index in [1.165, 1.54) is 22.6 Å². The maximum absolute atomic E-state index is 13.7. The smallest absolute Gasteiger partial charge is 0.248 e. The normalized spacial score (nSPS) is 15.0. The first-order chi connectivity index (χ1) is 17.6. The van der Waals surface area contributed by atoms with Gasteiger partial charge in [-0.3, -0.25) is 9.59 Å². The molecule has 0 spiro atoms. The minimum Gasteiger partial charge on any atom is -0.458 e. The number of rotatable bonds is 9. The minimum absolute atomic E-state index is 0.142. The lowest BCUT2D eigenvalue weighted by molar-refractivity contribution is -0.142. The van der Waals surface area contributed by atoms with Crippen LogP contribution in [0.4, 0.5) is 0 Å². The molecule has 11 heteroatoms. The Morgan fingerprint density at radius 2 is 1.94 bits per heavy atom. The molecule has 0 radical (unpaired) electrons. The van der Waals surface area contributed by atoms with Crippen LogP contribution in [0.1, 0.15) is 53.7 Å². The standard InChI is InChI=1S/C25H28N6O3S2/c1-17-11-12-20(34-17)24-27-29-31(28-24)16-22(32)30(15-19-9-5-13-35-19)23(21-10-6-14-36-21)25(33)26-18-7-3-2-4-8-18/h5-6,9-14,18,23H,2-4,7-8,15-16H2,1H3,(H,26,33)/t23-/m1/s1. The number of nitrogens with zero attached hydrogens (tertiary/aromatic N) is 5. The lowest BCUT2D eigenvalue weighted by Crippen LogP contribution is -2.47. The van der Waals surface area contributed by atoms with Crippen molar-refractivity contribution in [2.45, 2.75) is 64.2 Å². The molecule has 0 unspecified atom stereocenters. The number of hydrogen-bond donors (Lipinski definition) is 1. The number of tetrazole rings is 1. The SMILES string of the molecule is Cc1ccc(-c2nnn(CC(=O)N(Cc3cccs3)[C@@H](C(=O)NC3CCCCC3)c3cccs3)n2)o1. The molecule has 9 nitrogen and oxygen atoms in total. The van der Waals surface area contributed by atoms with E-state index in [2.05, 4.69) is 20.7 Å². The maximum atomic E-state index is 13.7. The molecule has 0 bridgehead atoms. The van der Waals surface area contributed by atoms with Gasteiger partial charge >= 0.3 is 0 Å². The molecule has 188 valence electrons. The van der Waals surface area contributed by atoms with Gasteiger partial charge in [-0.15, -0.1) is 32.9 Å². The van der Waals surface area contributed by atoms with Crippen LogP contribution in [0.2, 0.25) is 0 Å². The molecule has 1 N–H and O–H groups in total. The Balaban J connectivity index is 1.40. The molecule has 36 heavy (non-hydrogen) atoms. The predicted molar refractivity (Wildman–Crippen MR) is 137 cm³/mol. The van der Waals surface area contributed by atoms with Gasteiger partial charge in [-0.2, -0.15) is 4.80 Å². The zero-order chi connectivity index (χ0) is 24.9. The van der Waals surface area contributed by atoms with E-state index in [9.17, 15) is 9.59 Å². The molecule has 1 atom stereocenters. The van der Waals surface area contributed by atoms with Crippen LogP contribution in [0.5, 0.6) is 0 Å². The van der Waals surface area contributed by atoms with Crippen LogP contribution < -0.4 is 5.32 Å². The van der Waals surface area contributed by atoms with E-state index in [4.69, 9.17) is 4.42 Å². The van der Waals surface area contributed by atoms with E-state index in [1.54, 1.807) is 22.3 Å². The van der Waals surface area contributed by atoms with Crippen molar-refractivity contribution in [1.82, 2.24) is 30.4 Å². The second-order valence-electron chi connectivity index (χ2n) is 8.92. The molecule has 0 aromatic carbocycles. The third kappa shape index (κ3) is 5.73. The molecule has 4 heterocycles. The molecule has 5 rings (SSSR count). The summed E-state index contributed by atoms with van der Waals surface area (Å²) in [6.07, 6.45) is 5.37. The van der Waals surface area contributed by atoms with E-state index in [-0.39, 0.29) is 24.4 Å². The number of nitrogens with one attached hydrogen (secondary N) is 1. The molecular weight excluding hydrogens is 496 g/mol. The first kappa shape index (κ1) is 24.4. The van der Waals surface area contributed by atoms with Crippen molar-refractivity contribution in [3.63, 3.8) is 0 Å². The summed E-state index contributed by atoms with van der Waals surface area (Å²) < 4.78 is 5.57. The number of furan rings is 1. The Morgan fingerprint density at radius 1 is 1.14 bits per heavy atom. The minimum atomic E-state index is -0.739. The highest BCUT2D eigenvalue weighted by Gasteiger charge is 2.34. The lowest BCUT2D eigenvalue weighted by atomic mass is 9.95. The maximum Gasteiger partial charge on any atom is 0.248 e. The van der Waals surface area contributed by atoms with Crippen LogP contribution in [0, 0.1) is 6.92 Å². The largest absolute Gasteiger partial charge is 0.458 e. The number of aromatic nitrogens is 4. The van der Waals surface area contributed by atoms with Crippen molar-refractivity contribution >= 4 is 34.5 Å².